The van der Waals surface area contributed by atoms with E-state index >= 15 is 0 Å². The molecule has 2 unspecified atom stereocenters. The molecule has 0 fully saturated rings. The predicted octanol–water partition coefficient (Wildman–Crippen LogP) is 5.54. The molecule has 0 saturated heterocycles. The van der Waals surface area contributed by atoms with Crippen molar-refractivity contribution in [3.05, 3.63) is 65.4 Å². The molecule has 35 heavy (non-hydrogen) atoms. The van der Waals surface area contributed by atoms with Crippen LogP contribution in [0.1, 0.15) is 40.1 Å². The summed E-state index contributed by atoms with van der Waals surface area (Å²) in [5.74, 6) is -0.118. The van der Waals surface area contributed by atoms with E-state index in [9.17, 15) is 31.1 Å². The van der Waals surface area contributed by atoms with Crippen LogP contribution in [0.4, 0.5) is 37.8 Å². The standard InChI is InChI=1S/C22H16F6N4O3/c23-21(24,25)12-2-1-3-13(7-12)29-20(33)15-9-19-30-14(8-18(22(26,27)28)32(19)31-15)11-4-5-16-17(6-11)35-10-34-16/h1-7,9,14,18,30H,8,10H2,(H,29,33). The van der Waals surface area contributed by atoms with Crippen molar-refractivity contribution in [2.75, 3.05) is 17.4 Å². The maximum absolute atomic E-state index is 13.9. The summed E-state index contributed by atoms with van der Waals surface area (Å²) in [7, 11) is 0. The second kappa shape index (κ2) is 8.10. The normalized spacial score (nSPS) is 19.1. The minimum atomic E-state index is -4.67. The molecular weight excluding hydrogens is 482 g/mol. The van der Waals surface area contributed by atoms with Gasteiger partial charge in [-0.15, -0.1) is 0 Å². The van der Waals surface area contributed by atoms with Crippen molar-refractivity contribution in [1.29, 1.82) is 0 Å². The van der Waals surface area contributed by atoms with Crippen LogP contribution in [0.5, 0.6) is 11.5 Å². The zero-order valence-corrected chi connectivity index (χ0v) is 17.6. The van der Waals surface area contributed by atoms with Gasteiger partial charge in [0.2, 0.25) is 6.79 Å². The number of nitrogens with zero attached hydrogens (tertiary/aromatic N) is 2. The van der Waals surface area contributed by atoms with Crippen LogP contribution in [0.3, 0.4) is 0 Å². The minimum Gasteiger partial charge on any atom is -0.454 e. The van der Waals surface area contributed by atoms with Gasteiger partial charge in [0.15, 0.2) is 23.2 Å². The van der Waals surface area contributed by atoms with E-state index in [4.69, 9.17) is 9.47 Å². The van der Waals surface area contributed by atoms with Crippen molar-refractivity contribution in [1.82, 2.24) is 9.78 Å². The van der Waals surface area contributed by atoms with E-state index in [2.05, 4.69) is 15.7 Å². The number of fused-ring (bicyclic) bond motifs is 2. The Kier molecular flexibility index (Phi) is 5.29. The number of rotatable bonds is 3. The van der Waals surface area contributed by atoms with Crippen LogP contribution < -0.4 is 20.1 Å². The third-order valence-corrected chi connectivity index (χ3v) is 5.67. The number of anilines is 2. The summed E-state index contributed by atoms with van der Waals surface area (Å²) in [5.41, 5.74) is -1.02. The predicted molar refractivity (Wildman–Crippen MR) is 110 cm³/mol. The van der Waals surface area contributed by atoms with Crippen molar-refractivity contribution in [3.63, 3.8) is 0 Å². The van der Waals surface area contributed by atoms with Gasteiger partial charge in [-0.1, -0.05) is 12.1 Å². The molecule has 184 valence electrons. The highest BCUT2D eigenvalue weighted by molar-refractivity contribution is 6.03. The van der Waals surface area contributed by atoms with Crippen LogP contribution in [0.25, 0.3) is 0 Å². The van der Waals surface area contributed by atoms with Crippen molar-refractivity contribution in [3.8, 4) is 11.5 Å². The largest absolute Gasteiger partial charge is 0.454 e. The highest BCUT2D eigenvalue weighted by Gasteiger charge is 2.47. The number of carbonyl (C=O) groups excluding carboxylic acids is 1. The van der Waals surface area contributed by atoms with E-state index in [-0.39, 0.29) is 24.0 Å². The third kappa shape index (κ3) is 4.45. The summed E-state index contributed by atoms with van der Waals surface area (Å²) in [6.45, 7) is 0.0131. The molecule has 0 bridgehead atoms. The molecule has 2 aromatic carbocycles. The zero-order valence-electron chi connectivity index (χ0n) is 17.6. The number of nitrogens with one attached hydrogen (secondary N) is 2. The number of aromatic nitrogens is 2. The first-order valence-electron chi connectivity index (χ1n) is 10.3. The lowest BCUT2D eigenvalue weighted by Crippen LogP contribution is -2.35. The molecule has 0 spiro atoms. The molecule has 7 nitrogen and oxygen atoms in total. The number of benzene rings is 2. The Morgan fingerprint density at radius 2 is 1.80 bits per heavy atom. The Bertz CT molecular complexity index is 1290. The van der Waals surface area contributed by atoms with E-state index in [1.54, 1.807) is 18.2 Å². The second-order valence-corrected chi connectivity index (χ2v) is 7.99. The number of hydrogen-bond acceptors (Lipinski definition) is 5. The van der Waals surface area contributed by atoms with Crippen molar-refractivity contribution in [2.45, 2.75) is 30.9 Å². The van der Waals surface area contributed by atoms with Gasteiger partial charge in [-0.2, -0.15) is 31.4 Å². The van der Waals surface area contributed by atoms with Gasteiger partial charge in [-0.3, -0.25) is 4.79 Å². The monoisotopic (exact) mass is 498 g/mol. The zero-order chi connectivity index (χ0) is 25.0. The van der Waals surface area contributed by atoms with Gasteiger partial charge in [0, 0.05) is 18.2 Å². The van der Waals surface area contributed by atoms with Crippen molar-refractivity contribution >= 4 is 17.4 Å². The van der Waals surface area contributed by atoms with Gasteiger partial charge in [-0.25, -0.2) is 4.68 Å². The van der Waals surface area contributed by atoms with Crippen LogP contribution in [-0.4, -0.2) is 28.7 Å². The first kappa shape index (κ1) is 22.9. The number of ether oxygens (including phenoxy) is 2. The maximum Gasteiger partial charge on any atom is 0.416 e. The lowest BCUT2D eigenvalue weighted by molar-refractivity contribution is -0.173. The molecule has 0 saturated carbocycles. The molecule has 5 rings (SSSR count). The Hall–Kier alpha value is -3.90. The fourth-order valence-corrected chi connectivity index (χ4v) is 4.00. The molecule has 1 amide bonds. The minimum absolute atomic E-state index is 0.0131. The van der Waals surface area contributed by atoms with E-state index in [1.165, 1.54) is 6.07 Å². The topological polar surface area (TPSA) is 77.4 Å². The van der Waals surface area contributed by atoms with E-state index in [0.29, 0.717) is 21.7 Å². The molecular formula is C22H16F6N4O3. The molecule has 2 N–H and O–H groups in total. The summed E-state index contributed by atoms with van der Waals surface area (Å²) >= 11 is 0. The molecule has 2 aliphatic rings. The summed E-state index contributed by atoms with van der Waals surface area (Å²) in [6.07, 6.45) is -9.71. The highest BCUT2D eigenvalue weighted by atomic mass is 19.4. The number of amides is 1. The first-order valence-corrected chi connectivity index (χ1v) is 10.3. The van der Waals surface area contributed by atoms with E-state index < -0.39 is 42.3 Å². The average molecular weight is 498 g/mol. The highest BCUT2D eigenvalue weighted by Crippen LogP contribution is 2.45. The van der Waals surface area contributed by atoms with Gasteiger partial charge >= 0.3 is 12.4 Å². The van der Waals surface area contributed by atoms with E-state index in [1.807, 2.05) is 0 Å². The Morgan fingerprint density at radius 1 is 1.03 bits per heavy atom. The SMILES string of the molecule is O=C(Nc1cccc(C(F)(F)F)c1)c1cc2n(n1)C(C(F)(F)F)CC(c1ccc3c(c1)OCO3)N2. The maximum atomic E-state index is 13.9. The molecule has 0 radical (unpaired) electrons. The molecule has 3 aromatic rings. The quantitative estimate of drug-likeness (QED) is 0.464. The van der Waals surface area contributed by atoms with Crippen LogP contribution >= 0.6 is 0 Å². The first-order chi connectivity index (χ1) is 16.5. The number of halogens is 6. The van der Waals surface area contributed by atoms with Gasteiger partial charge in [0.25, 0.3) is 5.91 Å². The summed E-state index contributed by atoms with van der Waals surface area (Å²) in [5, 5.41) is 9.01. The molecule has 13 heteroatoms. The van der Waals surface area contributed by atoms with Gasteiger partial charge in [0.1, 0.15) is 5.82 Å². The lowest BCUT2D eigenvalue weighted by atomic mass is 9.96. The number of carbonyl (C=O) groups is 1. The Morgan fingerprint density at radius 3 is 2.54 bits per heavy atom. The molecule has 2 aliphatic heterocycles. The number of alkyl halides is 6. The molecule has 3 heterocycles. The fourth-order valence-electron chi connectivity index (χ4n) is 4.00. The van der Waals surface area contributed by atoms with Gasteiger partial charge in [-0.05, 0) is 35.9 Å². The van der Waals surface area contributed by atoms with Gasteiger partial charge in [0.05, 0.1) is 11.6 Å². The summed E-state index contributed by atoms with van der Waals surface area (Å²) in [6, 6.07) is 7.00. The fraction of sp³-hybridized carbons (Fsp3) is 0.273. The lowest BCUT2D eigenvalue weighted by Gasteiger charge is -2.33. The van der Waals surface area contributed by atoms with Crippen LogP contribution in [0.15, 0.2) is 48.5 Å². The number of hydrogen-bond donors (Lipinski definition) is 2. The van der Waals surface area contributed by atoms with E-state index in [0.717, 1.165) is 24.3 Å². The molecule has 2 atom stereocenters. The van der Waals surface area contributed by atoms with Gasteiger partial charge < -0.3 is 20.1 Å². The third-order valence-electron chi connectivity index (χ3n) is 5.67. The van der Waals surface area contributed by atoms with Crippen LogP contribution in [0.2, 0.25) is 0 Å². The smallest absolute Gasteiger partial charge is 0.416 e. The van der Waals surface area contributed by atoms with Crippen LogP contribution in [0, 0.1) is 0 Å². The molecule has 1 aromatic heterocycles. The molecule has 0 aliphatic carbocycles. The van der Waals surface area contributed by atoms with Crippen LogP contribution in [-0.2, 0) is 6.18 Å². The summed E-state index contributed by atoms with van der Waals surface area (Å²) in [4.78, 5) is 12.6. The average Bonchev–Trinajstić information content (AvgIpc) is 3.43. The Balaban J connectivity index is 1.42. The van der Waals surface area contributed by atoms with Crippen molar-refractivity contribution < 1.29 is 40.6 Å². The Labute approximate surface area is 193 Å². The second-order valence-electron chi connectivity index (χ2n) is 7.99. The van der Waals surface area contributed by atoms with Crippen molar-refractivity contribution in [2.24, 2.45) is 0 Å². The summed E-state index contributed by atoms with van der Waals surface area (Å²) < 4.78 is 91.7.